The van der Waals surface area contributed by atoms with Crippen LogP contribution in [0, 0.1) is 5.92 Å². The van der Waals surface area contributed by atoms with Gasteiger partial charge in [0.15, 0.2) is 0 Å². The first kappa shape index (κ1) is 22.4. The van der Waals surface area contributed by atoms with Gasteiger partial charge in [-0.1, -0.05) is 30.3 Å². The van der Waals surface area contributed by atoms with Crippen LogP contribution in [0.2, 0.25) is 0 Å². The topological polar surface area (TPSA) is 95.2 Å². The van der Waals surface area contributed by atoms with Crippen LogP contribution in [0.4, 0.5) is 5.69 Å². The molecule has 0 spiro atoms. The molecule has 3 rings (SSSR count). The molecule has 2 aromatic carbocycles. The van der Waals surface area contributed by atoms with E-state index in [1.807, 2.05) is 42.5 Å². The van der Waals surface area contributed by atoms with Gasteiger partial charge in [0.1, 0.15) is 11.5 Å². The maximum atomic E-state index is 13.6. The van der Waals surface area contributed by atoms with Crippen molar-refractivity contribution in [2.75, 3.05) is 39.8 Å². The van der Waals surface area contributed by atoms with Gasteiger partial charge < -0.3 is 25.3 Å². The van der Waals surface area contributed by atoms with Crippen molar-refractivity contribution < 1.29 is 19.0 Å². The number of nitrogens with two attached hydrogens (primary N) is 1. The molecule has 3 N–H and O–H groups in total. The van der Waals surface area contributed by atoms with Crippen LogP contribution >= 0.6 is 0 Å². The Bertz CT molecular complexity index is 928. The van der Waals surface area contributed by atoms with Crippen molar-refractivity contribution in [1.29, 1.82) is 0 Å². The third kappa shape index (κ3) is 5.44. The summed E-state index contributed by atoms with van der Waals surface area (Å²) in [6.45, 7) is 1.10. The Morgan fingerprint density at radius 1 is 1.19 bits per heavy atom. The number of methoxy groups -OCH3 is 2. The average molecular weight is 424 g/mol. The fourth-order valence-corrected chi connectivity index (χ4v) is 3.63. The highest BCUT2D eigenvalue weighted by Gasteiger charge is 2.33. The molecule has 0 saturated carbocycles. The zero-order valence-corrected chi connectivity index (χ0v) is 18.1. The second-order valence-corrected chi connectivity index (χ2v) is 7.29. The summed E-state index contributed by atoms with van der Waals surface area (Å²) in [6, 6.07) is 14.4. The molecule has 7 nitrogen and oxygen atoms in total. The minimum Gasteiger partial charge on any atom is -0.497 e. The van der Waals surface area contributed by atoms with E-state index in [1.54, 1.807) is 33.5 Å². The molecule has 2 unspecified atom stereocenters. The number of nitrogens with zero attached hydrogens (tertiary/aromatic N) is 1. The number of benzene rings is 2. The van der Waals surface area contributed by atoms with Crippen molar-refractivity contribution in [2.45, 2.75) is 12.5 Å². The van der Waals surface area contributed by atoms with Crippen LogP contribution < -0.4 is 20.5 Å². The Hall–Kier alpha value is -3.32. The Morgan fingerprint density at radius 2 is 1.87 bits per heavy atom. The Morgan fingerprint density at radius 3 is 2.42 bits per heavy atom. The van der Waals surface area contributed by atoms with Gasteiger partial charge in [-0.25, -0.2) is 0 Å². The largest absolute Gasteiger partial charge is 0.497 e. The predicted molar refractivity (Wildman–Crippen MR) is 123 cm³/mol. The number of allylic oxidation sites excluding steroid dienone is 1. The molecule has 31 heavy (non-hydrogen) atoms. The molecular weight excluding hydrogens is 394 g/mol. The molecule has 1 heterocycles. The molecule has 7 heteroatoms. The van der Waals surface area contributed by atoms with Crippen molar-refractivity contribution in [1.82, 2.24) is 0 Å². The summed E-state index contributed by atoms with van der Waals surface area (Å²) in [4.78, 5) is 17.7. The summed E-state index contributed by atoms with van der Waals surface area (Å²) in [5.41, 5.74) is 8.73. The molecule has 0 radical (unpaired) electrons. The maximum Gasteiger partial charge on any atom is 0.201 e. The second kappa shape index (κ2) is 10.6. The lowest BCUT2D eigenvalue weighted by atomic mass is 9.91. The van der Waals surface area contributed by atoms with E-state index < -0.39 is 6.04 Å². The van der Waals surface area contributed by atoms with Crippen molar-refractivity contribution in [2.24, 2.45) is 16.6 Å². The van der Waals surface area contributed by atoms with Crippen molar-refractivity contribution in [3.05, 3.63) is 59.8 Å². The van der Waals surface area contributed by atoms with E-state index in [-0.39, 0.29) is 17.4 Å². The zero-order valence-electron chi connectivity index (χ0n) is 18.1. The van der Waals surface area contributed by atoms with E-state index in [9.17, 15) is 4.79 Å². The summed E-state index contributed by atoms with van der Waals surface area (Å²) in [5, 5.41) is 3.35. The van der Waals surface area contributed by atoms with Gasteiger partial charge in [-0.15, -0.1) is 0 Å². The van der Waals surface area contributed by atoms with E-state index in [1.165, 1.54) is 0 Å². The lowest BCUT2D eigenvalue weighted by molar-refractivity contribution is -0.117. The lowest BCUT2D eigenvalue weighted by Gasteiger charge is -2.25. The van der Waals surface area contributed by atoms with Crippen molar-refractivity contribution in [3.63, 3.8) is 0 Å². The van der Waals surface area contributed by atoms with Gasteiger partial charge in [-0.3, -0.25) is 9.79 Å². The molecule has 1 fully saturated rings. The van der Waals surface area contributed by atoms with E-state index in [0.717, 1.165) is 12.0 Å². The van der Waals surface area contributed by atoms with Gasteiger partial charge >= 0.3 is 0 Å². The molecule has 0 aromatic heterocycles. The highest BCUT2D eigenvalue weighted by Crippen LogP contribution is 2.29. The van der Waals surface area contributed by atoms with Gasteiger partial charge in [0.2, 0.25) is 5.78 Å². The highest BCUT2D eigenvalue weighted by atomic mass is 16.5. The number of rotatable bonds is 9. The first-order valence-corrected chi connectivity index (χ1v) is 10.2. The van der Waals surface area contributed by atoms with Crippen LogP contribution in [0.15, 0.2) is 59.2 Å². The van der Waals surface area contributed by atoms with Gasteiger partial charge in [0.05, 0.1) is 32.6 Å². The molecule has 0 aliphatic carbocycles. The number of hydrogen-bond donors (Lipinski definition) is 2. The molecule has 0 bridgehead atoms. The molecule has 1 saturated heterocycles. The van der Waals surface area contributed by atoms with Crippen molar-refractivity contribution >= 4 is 23.3 Å². The van der Waals surface area contributed by atoms with Gasteiger partial charge in [0, 0.05) is 55.2 Å². The lowest BCUT2D eigenvalue weighted by Crippen LogP contribution is -2.40. The highest BCUT2D eigenvalue weighted by molar-refractivity contribution is 6.20. The quantitative estimate of drug-likeness (QED) is 0.475. The van der Waals surface area contributed by atoms with Crippen molar-refractivity contribution in [3.8, 4) is 11.5 Å². The number of anilines is 1. The minimum absolute atomic E-state index is 0.0150. The van der Waals surface area contributed by atoms with Crippen LogP contribution in [0.3, 0.4) is 0 Å². The van der Waals surface area contributed by atoms with Gasteiger partial charge in [-0.2, -0.15) is 0 Å². The van der Waals surface area contributed by atoms with Gasteiger partial charge in [0.25, 0.3) is 0 Å². The Balaban J connectivity index is 1.99. The number of ether oxygens (including phenoxy) is 3. The fourth-order valence-electron chi connectivity index (χ4n) is 3.63. The fraction of sp³-hybridized carbons (Fsp3) is 0.333. The third-order valence-corrected chi connectivity index (χ3v) is 5.29. The second-order valence-electron chi connectivity index (χ2n) is 7.29. The number of Topliss-reactive ketones (excluding diaryl/α,β-unsaturated/α-hetero) is 1. The molecule has 1 aliphatic rings. The van der Waals surface area contributed by atoms with E-state index in [0.29, 0.717) is 36.0 Å². The summed E-state index contributed by atoms with van der Waals surface area (Å²) in [6.07, 6.45) is 2.39. The molecule has 2 aromatic rings. The van der Waals surface area contributed by atoms with E-state index in [2.05, 4.69) is 10.3 Å². The average Bonchev–Trinajstić information content (AvgIpc) is 3.35. The summed E-state index contributed by atoms with van der Waals surface area (Å²) in [7, 11) is 4.83. The monoisotopic (exact) mass is 423 g/mol. The van der Waals surface area contributed by atoms with Crippen LogP contribution in [-0.4, -0.2) is 52.5 Å². The first-order chi connectivity index (χ1) is 15.1. The number of nitrogens with one attached hydrogen (secondary N) is 1. The third-order valence-electron chi connectivity index (χ3n) is 5.29. The number of hydrogen-bond acceptors (Lipinski definition) is 7. The van der Waals surface area contributed by atoms with E-state index >= 15 is 0 Å². The zero-order chi connectivity index (χ0) is 22.2. The van der Waals surface area contributed by atoms with Crippen LogP contribution in [-0.2, 0) is 9.53 Å². The SMILES string of the molecule is CN=CC(=C(N)C(=O)C(Nc1cc(OC)cc(OC)c1)C1CCOC1)c1ccccc1. The molecular formula is C24H29N3O4. The van der Waals surface area contributed by atoms with E-state index in [4.69, 9.17) is 19.9 Å². The predicted octanol–water partition coefficient (Wildman–Crippen LogP) is 3.16. The molecule has 164 valence electrons. The molecule has 1 aliphatic heterocycles. The van der Waals surface area contributed by atoms with Crippen LogP contribution in [0.1, 0.15) is 12.0 Å². The normalized spacial score (nSPS) is 17.8. The smallest absolute Gasteiger partial charge is 0.201 e. The van der Waals surface area contributed by atoms with Gasteiger partial charge in [-0.05, 0) is 12.0 Å². The van der Waals surface area contributed by atoms with Crippen LogP contribution in [0.25, 0.3) is 5.57 Å². The summed E-state index contributed by atoms with van der Waals surface area (Å²) in [5.74, 6) is 1.04. The summed E-state index contributed by atoms with van der Waals surface area (Å²) < 4.78 is 16.3. The number of carbonyl (C=O) groups is 1. The standard InChI is InChI=1S/C24H29N3O4/c1-26-14-21(16-7-5-4-6-8-16)22(25)24(28)23(17-9-10-31-15-17)27-18-11-19(29-2)13-20(12-18)30-3/h4-8,11-14,17,23,27H,9-10,15,25H2,1-3H3. The van der Waals surface area contributed by atoms with Crippen LogP contribution in [0.5, 0.6) is 11.5 Å². The Labute approximate surface area is 182 Å². The number of aliphatic imine (C=N–C) groups is 1. The Kier molecular flexibility index (Phi) is 7.67. The molecule has 0 amide bonds. The maximum absolute atomic E-state index is 13.6. The summed E-state index contributed by atoms with van der Waals surface area (Å²) >= 11 is 0. The number of ketones is 1. The number of carbonyl (C=O) groups excluding carboxylic acids is 1. The first-order valence-electron chi connectivity index (χ1n) is 10.2. The molecule has 2 atom stereocenters. The minimum atomic E-state index is -0.566.